The van der Waals surface area contributed by atoms with Crippen LogP contribution in [-0.2, 0) is 0 Å². The number of rotatable bonds is 15. The fourth-order valence-corrected chi connectivity index (χ4v) is 3.04. The van der Waals surface area contributed by atoms with Crippen LogP contribution in [0.1, 0.15) is 117 Å². The number of nitrogens with two attached hydrogens (primary N) is 1. The summed E-state index contributed by atoms with van der Waals surface area (Å²) in [7, 11) is 0. The van der Waals surface area contributed by atoms with Gasteiger partial charge in [0, 0.05) is 5.54 Å². The number of unbranched alkanes of at least 4 members (excludes halogenated alkanes) is 9. The van der Waals surface area contributed by atoms with Gasteiger partial charge in [-0.2, -0.15) is 0 Å². The third-order valence-electron chi connectivity index (χ3n) is 4.58. The van der Waals surface area contributed by atoms with Crippen LogP contribution in [0.5, 0.6) is 0 Å². The highest BCUT2D eigenvalue weighted by Gasteiger charge is 2.22. The fraction of sp³-hybridized carbons (Fsp3) is 1.00. The summed E-state index contributed by atoms with van der Waals surface area (Å²) in [6.45, 7) is 6.83. The molecule has 0 rings (SSSR count). The van der Waals surface area contributed by atoms with Crippen LogP contribution < -0.4 is 5.73 Å². The average molecular weight is 284 g/mol. The second-order valence-corrected chi connectivity index (χ2v) is 6.79. The van der Waals surface area contributed by atoms with E-state index in [1.165, 1.54) is 96.3 Å². The van der Waals surface area contributed by atoms with Gasteiger partial charge in [-0.15, -0.1) is 0 Å². The van der Waals surface area contributed by atoms with Crippen molar-refractivity contribution in [2.75, 3.05) is 0 Å². The van der Waals surface area contributed by atoms with Crippen molar-refractivity contribution in [3.8, 4) is 0 Å². The summed E-state index contributed by atoms with van der Waals surface area (Å²) >= 11 is 0. The van der Waals surface area contributed by atoms with E-state index < -0.39 is 0 Å². The quantitative estimate of drug-likeness (QED) is 0.337. The summed E-state index contributed by atoms with van der Waals surface area (Å²) in [6.07, 6.45) is 20.1. The molecule has 1 nitrogen and oxygen atoms in total. The van der Waals surface area contributed by atoms with Crippen LogP contribution in [0.3, 0.4) is 0 Å². The zero-order valence-corrected chi connectivity index (χ0v) is 14.7. The monoisotopic (exact) mass is 283 g/mol. The molecule has 0 aromatic rings. The smallest absolute Gasteiger partial charge is 0.0154 e. The SMILES string of the molecule is CCCCCCCCCCC(N)(CCCC)CCCC. The molecule has 0 saturated carbocycles. The normalized spacial score (nSPS) is 12.0. The lowest BCUT2D eigenvalue weighted by molar-refractivity contribution is 0.309. The Morgan fingerprint density at radius 1 is 0.500 bits per heavy atom. The third-order valence-corrected chi connectivity index (χ3v) is 4.58. The average Bonchev–Trinajstić information content (AvgIpc) is 2.46. The van der Waals surface area contributed by atoms with Gasteiger partial charge in [-0.1, -0.05) is 97.8 Å². The highest BCUT2D eigenvalue weighted by Crippen LogP contribution is 2.25. The van der Waals surface area contributed by atoms with E-state index >= 15 is 0 Å². The van der Waals surface area contributed by atoms with Crippen molar-refractivity contribution in [1.82, 2.24) is 0 Å². The van der Waals surface area contributed by atoms with Crippen LogP contribution in [0, 0.1) is 0 Å². The molecule has 0 aliphatic rings. The molecule has 0 aromatic heterocycles. The summed E-state index contributed by atoms with van der Waals surface area (Å²) in [6, 6.07) is 0. The maximum Gasteiger partial charge on any atom is 0.0154 e. The molecule has 0 heterocycles. The van der Waals surface area contributed by atoms with E-state index in [0.29, 0.717) is 0 Å². The van der Waals surface area contributed by atoms with Gasteiger partial charge in [0.25, 0.3) is 0 Å². The van der Waals surface area contributed by atoms with Crippen LogP contribution in [0.25, 0.3) is 0 Å². The summed E-state index contributed by atoms with van der Waals surface area (Å²) in [5.41, 5.74) is 6.80. The Bertz CT molecular complexity index is 180. The largest absolute Gasteiger partial charge is 0.325 e. The number of hydrogen-bond donors (Lipinski definition) is 1. The van der Waals surface area contributed by atoms with Crippen LogP contribution >= 0.6 is 0 Å². The molecule has 0 amide bonds. The Morgan fingerprint density at radius 3 is 1.30 bits per heavy atom. The molecule has 0 aromatic carbocycles. The zero-order valence-electron chi connectivity index (χ0n) is 14.7. The molecular formula is C19H41N. The molecule has 0 radical (unpaired) electrons. The lowest BCUT2D eigenvalue weighted by atomic mass is 9.83. The lowest BCUT2D eigenvalue weighted by Crippen LogP contribution is -2.39. The van der Waals surface area contributed by atoms with E-state index in [1.807, 2.05) is 0 Å². The Morgan fingerprint density at radius 2 is 0.850 bits per heavy atom. The maximum atomic E-state index is 6.65. The molecule has 0 saturated heterocycles. The van der Waals surface area contributed by atoms with Crippen molar-refractivity contribution >= 4 is 0 Å². The predicted octanol–water partition coefficient (Wildman–Crippen LogP) is 6.60. The van der Waals surface area contributed by atoms with Gasteiger partial charge in [0.1, 0.15) is 0 Å². The van der Waals surface area contributed by atoms with Gasteiger partial charge >= 0.3 is 0 Å². The van der Waals surface area contributed by atoms with Gasteiger partial charge in [-0.3, -0.25) is 0 Å². The van der Waals surface area contributed by atoms with E-state index in [4.69, 9.17) is 5.73 Å². The van der Waals surface area contributed by atoms with Crippen molar-refractivity contribution in [2.24, 2.45) is 5.73 Å². The van der Waals surface area contributed by atoms with E-state index in [1.54, 1.807) is 0 Å². The van der Waals surface area contributed by atoms with Gasteiger partial charge in [0.15, 0.2) is 0 Å². The second kappa shape index (κ2) is 13.9. The van der Waals surface area contributed by atoms with Gasteiger partial charge in [-0.05, 0) is 19.3 Å². The van der Waals surface area contributed by atoms with Gasteiger partial charge in [0.05, 0.1) is 0 Å². The van der Waals surface area contributed by atoms with Crippen molar-refractivity contribution in [3.63, 3.8) is 0 Å². The van der Waals surface area contributed by atoms with Crippen molar-refractivity contribution in [3.05, 3.63) is 0 Å². The molecule has 0 spiro atoms. The minimum Gasteiger partial charge on any atom is -0.325 e. The molecule has 20 heavy (non-hydrogen) atoms. The molecule has 0 bridgehead atoms. The molecular weight excluding hydrogens is 242 g/mol. The van der Waals surface area contributed by atoms with Crippen molar-refractivity contribution in [1.29, 1.82) is 0 Å². The molecule has 0 unspecified atom stereocenters. The zero-order chi connectivity index (χ0) is 15.1. The highest BCUT2D eigenvalue weighted by atomic mass is 14.7. The standard InChI is InChI=1S/C19H41N/c1-4-7-10-11-12-13-14-15-18-19(20,16-8-5-2)17-9-6-3/h4-18,20H2,1-3H3. The first-order chi connectivity index (χ1) is 9.68. The maximum absolute atomic E-state index is 6.65. The van der Waals surface area contributed by atoms with Crippen LogP contribution in [0.2, 0.25) is 0 Å². The minimum atomic E-state index is 0.147. The molecule has 2 N–H and O–H groups in total. The first-order valence-corrected chi connectivity index (χ1v) is 9.47. The van der Waals surface area contributed by atoms with Crippen LogP contribution in [0.4, 0.5) is 0 Å². The summed E-state index contributed by atoms with van der Waals surface area (Å²) < 4.78 is 0. The lowest BCUT2D eigenvalue weighted by Gasteiger charge is -2.30. The summed E-state index contributed by atoms with van der Waals surface area (Å²) in [4.78, 5) is 0. The molecule has 0 atom stereocenters. The molecule has 1 heteroatoms. The minimum absolute atomic E-state index is 0.147. The number of hydrogen-bond acceptors (Lipinski definition) is 1. The topological polar surface area (TPSA) is 26.0 Å². The molecule has 122 valence electrons. The third kappa shape index (κ3) is 11.8. The summed E-state index contributed by atoms with van der Waals surface area (Å²) in [5, 5.41) is 0. The van der Waals surface area contributed by atoms with Gasteiger partial charge in [-0.25, -0.2) is 0 Å². The second-order valence-electron chi connectivity index (χ2n) is 6.79. The highest BCUT2D eigenvalue weighted by molar-refractivity contribution is 4.83. The van der Waals surface area contributed by atoms with E-state index in [0.717, 1.165) is 0 Å². The Labute approximate surface area is 129 Å². The summed E-state index contributed by atoms with van der Waals surface area (Å²) in [5.74, 6) is 0. The molecule has 0 aliphatic carbocycles. The first kappa shape index (κ1) is 20.0. The Kier molecular flexibility index (Phi) is 13.9. The van der Waals surface area contributed by atoms with Gasteiger partial charge in [0.2, 0.25) is 0 Å². The van der Waals surface area contributed by atoms with Gasteiger partial charge < -0.3 is 5.73 Å². The van der Waals surface area contributed by atoms with Crippen LogP contribution in [0.15, 0.2) is 0 Å². The molecule has 0 aliphatic heterocycles. The van der Waals surface area contributed by atoms with Crippen LogP contribution in [-0.4, -0.2) is 5.54 Å². The van der Waals surface area contributed by atoms with E-state index in [9.17, 15) is 0 Å². The molecule has 0 fully saturated rings. The van der Waals surface area contributed by atoms with Crippen molar-refractivity contribution < 1.29 is 0 Å². The van der Waals surface area contributed by atoms with E-state index in [-0.39, 0.29) is 5.54 Å². The Balaban J connectivity index is 3.67. The predicted molar refractivity (Wildman–Crippen MR) is 93.2 cm³/mol. The first-order valence-electron chi connectivity index (χ1n) is 9.47. The van der Waals surface area contributed by atoms with Crippen molar-refractivity contribution in [2.45, 2.75) is 123 Å². The Hall–Kier alpha value is -0.0400. The fourth-order valence-electron chi connectivity index (χ4n) is 3.04. The van der Waals surface area contributed by atoms with E-state index in [2.05, 4.69) is 20.8 Å².